The molecule has 0 aliphatic carbocycles. The first-order valence-corrected chi connectivity index (χ1v) is 5.57. The summed E-state index contributed by atoms with van der Waals surface area (Å²) in [4.78, 5) is 0.0868. The molecule has 2 aromatic heterocycles. The Bertz CT molecular complexity index is 542. The van der Waals surface area contributed by atoms with Crippen molar-refractivity contribution in [3.63, 3.8) is 0 Å². The Morgan fingerprint density at radius 3 is 2.87 bits per heavy atom. The number of anilines is 1. The van der Waals surface area contributed by atoms with E-state index in [0.717, 1.165) is 0 Å². The summed E-state index contributed by atoms with van der Waals surface area (Å²) in [5, 5.41) is 9.86. The maximum atomic E-state index is 11.7. The van der Waals surface area contributed by atoms with Crippen molar-refractivity contribution in [2.75, 3.05) is 4.72 Å². The highest BCUT2D eigenvalue weighted by Gasteiger charge is 2.16. The summed E-state index contributed by atoms with van der Waals surface area (Å²) >= 11 is 0. The molecule has 8 heteroatoms. The zero-order valence-electron chi connectivity index (χ0n) is 7.88. The molecule has 0 aliphatic heterocycles. The van der Waals surface area contributed by atoms with E-state index in [2.05, 4.69) is 20.0 Å². The minimum Gasteiger partial charge on any atom is -0.284 e. The van der Waals surface area contributed by atoms with E-state index in [-0.39, 0.29) is 4.90 Å². The van der Waals surface area contributed by atoms with E-state index in [9.17, 15) is 8.42 Å². The van der Waals surface area contributed by atoms with E-state index in [4.69, 9.17) is 0 Å². The van der Waals surface area contributed by atoms with Gasteiger partial charge >= 0.3 is 0 Å². The van der Waals surface area contributed by atoms with Crippen molar-refractivity contribution >= 4 is 15.8 Å². The van der Waals surface area contributed by atoms with Gasteiger partial charge in [-0.25, -0.2) is 8.42 Å². The highest BCUT2D eigenvalue weighted by atomic mass is 32.2. The Balaban J connectivity index is 2.31. The maximum absolute atomic E-state index is 11.7. The molecule has 0 atom stereocenters. The summed E-state index contributed by atoms with van der Waals surface area (Å²) in [6, 6.07) is 1.57. The van der Waals surface area contributed by atoms with E-state index in [0.29, 0.717) is 5.82 Å². The van der Waals surface area contributed by atoms with E-state index >= 15 is 0 Å². The lowest BCUT2D eigenvalue weighted by atomic mass is 10.7. The fraction of sp³-hybridized carbons (Fsp3) is 0.143. The van der Waals surface area contributed by atoms with Crippen LogP contribution in [0.3, 0.4) is 0 Å². The van der Waals surface area contributed by atoms with Crippen LogP contribution in [-0.2, 0) is 17.1 Å². The number of hydrogen-bond donors (Lipinski definition) is 2. The van der Waals surface area contributed by atoms with Crippen molar-refractivity contribution in [1.82, 2.24) is 20.0 Å². The largest absolute Gasteiger partial charge is 0.284 e. The second-order valence-corrected chi connectivity index (χ2v) is 4.56. The van der Waals surface area contributed by atoms with Gasteiger partial charge in [-0.15, -0.1) is 0 Å². The second kappa shape index (κ2) is 3.39. The molecule has 2 rings (SSSR count). The molecule has 0 amide bonds. The number of aromatic nitrogens is 4. The van der Waals surface area contributed by atoms with Crippen LogP contribution in [0, 0.1) is 0 Å². The lowest BCUT2D eigenvalue weighted by Crippen LogP contribution is -2.14. The predicted molar refractivity (Wildman–Crippen MR) is 52.6 cm³/mol. The normalized spacial score (nSPS) is 11.5. The van der Waals surface area contributed by atoms with Gasteiger partial charge in [0.15, 0.2) is 0 Å². The number of H-pyrrole nitrogens is 1. The molecule has 2 aromatic rings. The summed E-state index contributed by atoms with van der Waals surface area (Å²) in [5.41, 5.74) is 0. The van der Waals surface area contributed by atoms with Crippen molar-refractivity contribution in [1.29, 1.82) is 0 Å². The smallest absolute Gasteiger partial charge is 0.266 e. The fourth-order valence-corrected chi connectivity index (χ4v) is 2.05. The molecule has 0 unspecified atom stereocenters. The van der Waals surface area contributed by atoms with Crippen LogP contribution >= 0.6 is 0 Å². The molecule has 15 heavy (non-hydrogen) atoms. The number of hydrogen-bond acceptors (Lipinski definition) is 4. The standard InChI is InChI=1S/C7H9N5O2S/c1-12-7(2-3-10-12)11-15(13,14)6-4-8-9-5-6/h2-5,11H,1H3,(H,8,9). The number of aryl methyl sites for hydroxylation is 1. The first kappa shape index (κ1) is 9.71. The summed E-state index contributed by atoms with van der Waals surface area (Å²) < 4.78 is 27.2. The van der Waals surface area contributed by atoms with Gasteiger partial charge in [0.05, 0.1) is 12.4 Å². The number of sulfonamides is 1. The zero-order chi connectivity index (χ0) is 10.9. The zero-order valence-corrected chi connectivity index (χ0v) is 8.69. The predicted octanol–water partition coefficient (Wildman–Crippen LogP) is -0.0560. The van der Waals surface area contributed by atoms with Crippen LogP contribution in [0.1, 0.15) is 0 Å². The van der Waals surface area contributed by atoms with Crippen molar-refractivity contribution in [2.24, 2.45) is 7.05 Å². The van der Waals surface area contributed by atoms with E-state index in [1.165, 1.54) is 23.3 Å². The Labute approximate surface area is 86.2 Å². The highest BCUT2D eigenvalue weighted by Crippen LogP contribution is 2.12. The SMILES string of the molecule is Cn1nccc1NS(=O)(=O)c1cn[nH]c1. The second-order valence-electron chi connectivity index (χ2n) is 2.88. The molecule has 2 heterocycles. The van der Waals surface area contributed by atoms with Crippen LogP contribution in [0.2, 0.25) is 0 Å². The first-order chi connectivity index (χ1) is 7.09. The van der Waals surface area contributed by atoms with Crippen LogP contribution in [0.4, 0.5) is 5.82 Å². The van der Waals surface area contributed by atoms with Gasteiger partial charge in [-0.05, 0) is 0 Å². The van der Waals surface area contributed by atoms with Crippen LogP contribution in [0.25, 0.3) is 0 Å². The number of rotatable bonds is 3. The van der Waals surface area contributed by atoms with Gasteiger partial charge < -0.3 is 0 Å². The highest BCUT2D eigenvalue weighted by molar-refractivity contribution is 7.92. The van der Waals surface area contributed by atoms with Gasteiger partial charge in [-0.3, -0.25) is 14.5 Å². The molecule has 0 bridgehead atoms. The minimum atomic E-state index is -3.57. The Kier molecular flexibility index (Phi) is 2.19. The third kappa shape index (κ3) is 1.84. The molecule has 0 saturated carbocycles. The molecule has 2 N–H and O–H groups in total. The molecule has 0 aliphatic rings. The lowest BCUT2D eigenvalue weighted by Gasteiger charge is -2.05. The van der Waals surface area contributed by atoms with E-state index in [1.807, 2.05) is 0 Å². The summed E-state index contributed by atoms with van der Waals surface area (Å²) in [5.74, 6) is 0.399. The van der Waals surface area contributed by atoms with Crippen molar-refractivity contribution in [3.05, 3.63) is 24.7 Å². The van der Waals surface area contributed by atoms with Gasteiger partial charge in [-0.1, -0.05) is 0 Å². The molecule has 80 valence electrons. The van der Waals surface area contributed by atoms with Crippen molar-refractivity contribution in [2.45, 2.75) is 4.90 Å². The van der Waals surface area contributed by atoms with Crippen LogP contribution < -0.4 is 4.72 Å². The number of aromatic amines is 1. The number of nitrogens with zero attached hydrogens (tertiary/aromatic N) is 3. The van der Waals surface area contributed by atoms with E-state index < -0.39 is 10.0 Å². The molecule has 0 saturated heterocycles. The van der Waals surface area contributed by atoms with Crippen molar-refractivity contribution in [3.8, 4) is 0 Å². The van der Waals surface area contributed by atoms with Crippen molar-refractivity contribution < 1.29 is 8.42 Å². The molecular weight excluding hydrogens is 218 g/mol. The molecular formula is C7H9N5O2S. The van der Waals surface area contributed by atoms with Gasteiger partial charge in [-0.2, -0.15) is 10.2 Å². The maximum Gasteiger partial charge on any atom is 0.266 e. The average molecular weight is 227 g/mol. The monoisotopic (exact) mass is 227 g/mol. The third-order valence-corrected chi connectivity index (χ3v) is 3.17. The molecule has 0 fully saturated rings. The molecule has 0 radical (unpaired) electrons. The summed E-state index contributed by atoms with van der Waals surface area (Å²) in [6.45, 7) is 0. The topological polar surface area (TPSA) is 92.7 Å². The fourth-order valence-electron chi connectivity index (χ4n) is 1.06. The van der Waals surface area contributed by atoms with Crippen LogP contribution in [0.5, 0.6) is 0 Å². The third-order valence-electron chi connectivity index (χ3n) is 1.84. The van der Waals surface area contributed by atoms with Crippen LogP contribution in [-0.4, -0.2) is 28.4 Å². The minimum absolute atomic E-state index is 0.0868. The van der Waals surface area contributed by atoms with Gasteiger partial charge in [0, 0.05) is 19.3 Å². The van der Waals surface area contributed by atoms with Gasteiger partial charge in [0.1, 0.15) is 10.7 Å². The first-order valence-electron chi connectivity index (χ1n) is 4.09. The summed E-state index contributed by atoms with van der Waals surface area (Å²) in [7, 11) is -1.92. The lowest BCUT2D eigenvalue weighted by molar-refractivity contribution is 0.600. The summed E-state index contributed by atoms with van der Waals surface area (Å²) in [6.07, 6.45) is 4.05. The molecule has 0 aromatic carbocycles. The molecule has 0 spiro atoms. The molecule has 7 nitrogen and oxygen atoms in total. The quantitative estimate of drug-likeness (QED) is 0.768. The number of nitrogens with one attached hydrogen (secondary N) is 2. The van der Waals surface area contributed by atoms with Gasteiger partial charge in [0.2, 0.25) is 0 Å². The van der Waals surface area contributed by atoms with Crippen LogP contribution in [0.15, 0.2) is 29.6 Å². The Morgan fingerprint density at radius 1 is 1.53 bits per heavy atom. The Hall–Kier alpha value is -1.83. The van der Waals surface area contributed by atoms with Gasteiger partial charge in [0.25, 0.3) is 10.0 Å². The Morgan fingerprint density at radius 2 is 2.33 bits per heavy atom. The average Bonchev–Trinajstić information content (AvgIpc) is 2.77. The van der Waals surface area contributed by atoms with E-state index in [1.54, 1.807) is 13.1 Å².